The van der Waals surface area contributed by atoms with E-state index in [0.717, 1.165) is 58.6 Å². The van der Waals surface area contributed by atoms with Gasteiger partial charge in [0.1, 0.15) is 0 Å². The number of hydrazine groups is 2. The SMILES string of the molecule is CCc1cc2c(s1)CCO[C@@]21CCN(CC2=CN(C3COC3)NN2C)[C@@H](C)C1. The fraction of sp³-hybridized carbons (Fsp3) is 0.714. The summed E-state index contributed by atoms with van der Waals surface area (Å²) in [5.41, 5.74) is 6.20. The molecule has 6 nitrogen and oxygen atoms in total. The first kappa shape index (κ1) is 18.9. The molecule has 154 valence electrons. The maximum atomic E-state index is 6.49. The van der Waals surface area contributed by atoms with Crippen molar-refractivity contribution < 1.29 is 9.47 Å². The predicted molar refractivity (Wildman–Crippen MR) is 111 cm³/mol. The van der Waals surface area contributed by atoms with E-state index >= 15 is 0 Å². The lowest BCUT2D eigenvalue weighted by Crippen LogP contribution is -2.53. The summed E-state index contributed by atoms with van der Waals surface area (Å²) in [5, 5.41) is 4.35. The average molecular weight is 405 g/mol. The average Bonchev–Trinajstić information content (AvgIpc) is 3.21. The van der Waals surface area contributed by atoms with Crippen molar-refractivity contribution in [2.45, 2.75) is 57.2 Å². The normalized spacial score (nSPS) is 31.2. The minimum Gasteiger partial charge on any atom is -0.377 e. The third-order valence-electron chi connectivity index (χ3n) is 6.82. The zero-order valence-corrected chi connectivity index (χ0v) is 18.1. The molecule has 5 heterocycles. The first-order valence-corrected chi connectivity index (χ1v) is 11.5. The van der Waals surface area contributed by atoms with E-state index in [2.05, 4.69) is 53.6 Å². The summed E-state index contributed by atoms with van der Waals surface area (Å²) in [5.74, 6) is 0. The van der Waals surface area contributed by atoms with Crippen molar-refractivity contribution in [3.8, 4) is 0 Å². The quantitative estimate of drug-likeness (QED) is 0.831. The third-order valence-corrected chi connectivity index (χ3v) is 8.16. The van der Waals surface area contributed by atoms with Gasteiger partial charge in [-0.05, 0) is 37.8 Å². The first-order valence-electron chi connectivity index (χ1n) is 10.6. The standard InChI is InChI=1S/C21H32N4O2S/c1-4-18-9-19-20(28-18)5-8-27-21(19)6-7-24(15(2)10-21)11-16-12-25(22-23(16)3)17-13-26-14-17/h9,12,15,17,22H,4-8,10-11,13-14H2,1-3H3/t15-,21+/m0/s1. The van der Waals surface area contributed by atoms with Crippen LogP contribution in [0.4, 0.5) is 0 Å². The molecular weight excluding hydrogens is 372 g/mol. The van der Waals surface area contributed by atoms with Crippen LogP contribution in [-0.4, -0.2) is 67.0 Å². The molecule has 1 aromatic rings. The lowest BCUT2D eigenvalue weighted by atomic mass is 9.79. The molecule has 4 aliphatic rings. The maximum absolute atomic E-state index is 6.49. The van der Waals surface area contributed by atoms with Crippen molar-refractivity contribution in [2.24, 2.45) is 0 Å². The highest BCUT2D eigenvalue weighted by molar-refractivity contribution is 7.12. The summed E-state index contributed by atoms with van der Waals surface area (Å²) in [6.45, 7) is 9.18. The Hall–Kier alpha value is -1.12. The second-order valence-electron chi connectivity index (χ2n) is 8.65. The summed E-state index contributed by atoms with van der Waals surface area (Å²) in [6.07, 6.45) is 6.65. The van der Waals surface area contributed by atoms with Crippen LogP contribution in [0, 0.1) is 0 Å². The molecule has 4 aliphatic heterocycles. The van der Waals surface area contributed by atoms with Crippen LogP contribution in [0.15, 0.2) is 18.0 Å². The summed E-state index contributed by atoms with van der Waals surface area (Å²) in [7, 11) is 2.11. The Morgan fingerprint density at radius 2 is 2.21 bits per heavy atom. The number of piperidine rings is 1. The van der Waals surface area contributed by atoms with Gasteiger partial charge in [-0.1, -0.05) is 6.92 Å². The Kier molecular flexibility index (Phi) is 4.92. The van der Waals surface area contributed by atoms with Crippen LogP contribution >= 0.6 is 11.3 Å². The minimum absolute atomic E-state index is 0.0586. The van der Waals surface area contributed by atoms with E-state index in [0.29, 0.717) is 12.1 Å². The number of nitrogens with one attached hydrogen (secondary N) is 1. The lowest BCUT2D eigenvalue weighted by Gasteiger charge is -2.47. The summed E-state index contributed by atoms with van der Waals surface area (Å²) < 4.78 is 11.8. The molecule has 1 spiro atoms. The number of likely N-dealkylation sites (N-methyl/N-ethyl adjacent to an activating group) is 1. The third kappa shape index (κ3) is 3.17. The van der Waals surface area contributed by atoms with E-state index in [1.807, 2.05) is 11.3 Å². The lowest BCUT2D eigenvalue weighted by molar-refractivity contribution is -0.110. The zero-order chi connectivity index (χ0) is 19.3. The van der Waals surface area contributed by atoms with Gasteiger partial charge < -0.3 is 9.47 Å². The van der Waals surface area contributed by atoms with Gasteiger partial charge in [0.2, 0.25) is 0 Å². The number of aryl methyl sites for hydroxylation is 1. The number of fused-ring (bicyclic) bond motifs is 2. The molecule has 1 N–H and O–H groups in total. The molecule has 7 heteroatoms. The van der Waals surface area contributed by atoms with Crippen molar-refractivity contribution in [3.05, 3.63) is 33.3 Å². The summed E-state index contributed by atoms with van der Waals surface area (Å²) >= 11 is 2.01. The van der Waals surface area contributed by atoms with Gasteiger partial charge in [-0.2, -0.15) is 0 Å². The van der Waals surface area contributed by atoms with E-state index < -0.39 is 0 Å². The number of hydrogen-bond donors (Lipinski definition) is 1. The second kappa shape index (κ2) is 7.29. The van der Waals surface area contributed by atoms with Crippen LogP contribution in [-0.2, 0) is 27.9 Å². The molecule has 0 saturated carbocycles. The van der Waals surface area contributed by atoms with Gasteiger partial charge in [-0.25, -0.2) is 0 Å². The molecule has 1 aromatic heterocycles. The van der Waals surface area contributed by atoms with Gasteiger partial charge in [-0.3, -0.25) is 14.9 Å². The Labute approximate surface area is 172 Å². The molecule has 0 unspecified atom stereocenters. The van der Waals surface area contributed by atoms with E-state index in [4.69, 9.17) is 9.47 Å². The van der Waals surface area contributed by atoms with Crippen molar-refractivity contribution in [3.63, 3.8) is 0 Å². The monoisotopic (exact) mass is 404 g/mol. The molecule has 0 bridgehead atoms. The van der Waals surface area contributed by atoms with Crippen molar-refractivity contribution >= 4 is 11.3 Å². The smallest absolute Gasteiger partial charge is 0.0969 e. The van der Waals surface area contributed by atoms with E-state index in [9.17, 15) is 0 Å². The number of ether oxygens (including phenoxy) is 2. The molecule has 2 saturated heterocycles. The predicted octanol–water partition coefficient (Wildman–Crippen LogP) is 2.47. The van der Waals surface area contributed by atoms with Crippen LogP contribution in [0.1, 0.15) is 42.0 Å². The molecule has 2 atom stereocenters. The largest absolute Gasteiger partial charge is 0.377 e. The van der Waals surface area contributed by atoms with Gasteiger partial charge in [-0.15, -0.1) is 16.9 Å². The molecule has 0 aliphatic carbocycles. The van der Waals surface area contributed by atoms with Crippen LogP contribution in [0.3, 0.4) is 0 Å². The molecular formula is C21H32N4O2S. The number of thiophene rings is 1. The van der Waals surface area contributed by atoms with Crippen LogP contribution in [0.2, 0.25) is 0 Å². The highest BCUT2D eigenvalue weighted by Crippen LogP contribution is 2.46. The Bertz CT molecular complexity index is 762. The number of hydrogen-bond acceptors (Lipinski definition) is 7. The molecule has 0 amide bonds. The van der Waals surface area contributed by atoms with Gasteiger partial charge in [0.25, 0.3) is 0 Å². The summed E-state index contributed by atoms with van der Waals surface area (Å²) in [4.78, 5) is 5.69. The van der Waals surface area contributed by atoms with Crippen molar-refractivity contribution in [2.75, 3.05) is 40.0 Å². The summed E-state index contributed by atoms with van der Waals surface area (Å²) in [6, 6.07) is 3.40. The van der Waals surface area contributed by atoms with Gasteiger partial charge in [0, 0.05) is 48.6 Å². The van der Waals surface area contributed by atoms with E-state index in [1.165, 1.54) is 16.1 Å². The topological polar surface area (TPSA) is 40.2 Å². The van der Waals surface area contributed by atoms with Crippen molar-refractivity contribution in [1.29, 1.82) is 0 Å². The van der Waals surface area contributed by atoms with E-state index in [1.54, 1.807) is 4.88 Å². The molecule has 28 heavy (non-hydrogen) atoms. The van der Waals surface area contributed by atoms with Crippen LogP contribution in [0.5, 0.6) is 0 Å². The number of rotatable bonds is 4. The number of nitrogens with zero attached hydrogens (tertiary/aromatic N) is 3. The number of likely N-dealkylation sites (tertiary alicyclic amines) is 1. The van der Waals surface area contributed by atoms with Crippen LogP contribution < -0.4 is 5.53 Å². The molecule has 0 aromatic carbocycles. The Morgan fingerprint density at radius 3 is 2.93 bits per heavy atom. The zero-order valence-electron chi connectivity index (χ0n) is 17.2. The molecule has 5 rings (SSSR count). The highest BCUT2D eigenvalue weighted by Gasteiger charge is 2.44. The maximum Gasteiger partial charge on any atom is 0.0969 e. The van der Waals surface area contributed by atoms with Gasteiger partial charge in [0.15, 0.2) is 0 Å². The van der Waals surface area contributed by atoms with E-state index in [-0.39, 0.29) is 5.60 Å². The van der Waals surface area contributed by atoms with Crippen molar-refractivity contribution in [1.82, 2.24) is 20.5 Å². The fourth-order valence-electron chi connectivity index (χ4n) is 4.95. The minimum atomic E-state index is -0.0586. The molecule has 2 fully saturated rings. The highest BCUT2D eigenvalue weighted by atomic mass is 32.1. The Morgan fingerprint density at radius 1 is 1.36 bits per heavy atom. The second-order valence-corrected chi connectivity index (χ2v) is 9.87. The van der Waals surface area contributed by atoms with Gasteiger partial charge in [0.05, 0.1) is 37.2 Å². The first-order chi connectivity index (χ1) is 13.6. The van der Waals surface area contributed by atoms with Crippen LogP contribution in [0.25, 0.3) is 0 Å². The molecule has 0 radical (unpaired) electrons. The fourth-order valence-corrected chi connectivity index (χ4v) is 6.13. The Balaban J connectivity index is 1.28. The van der Waals surface area contributed by atoms with Gasteiger partial charge >= 0.3 is 0 Å².